The molecule has 2 nitrogen and oxygen atoms in total. The van der Waals surface area contributed by atoms with Gasteiger partial charge in [0.05, 0.1) is 41.8 Å². The predicted molar refractivity (Wildman–Crippen MR) is 98.8 cm³/mol. The van der Waals surface area contributed by atoms with Crippen molar-refractivity contribution in [2.24, 2.45) is 0 Å². The van der Waals surface area contributed by atoms with Crippen molar-refractivity contribution in [2.45, 2.75) is 13.5 Å². The minimum absolute atomic E-state index is 0.959. The number of nitrogens with zero attached hydrogens (tertiary/aromatic N) is 2. The number of para-hydroxylation sites is 1. The Balaban J connectivity index is 0.000000220. The highest BCUT2D eigenvalue weighted by Crippen LogP contribution is 2.16. The standard InChI is InChI=1S/2C10H16N/c1-11(2,3)9-10-7-5-4-6-8-10;1-4-11(2,3)10-8-6-5-7-9-10/h4-8H,9H2,1-3H3;5-9H,4H2,1-3H3/q2*+1. The van der Waals surface area contributed by atoms with Gasteiger partial charge in [-0.05, 0) is 19.1 Å². The van der Waals surface area contributed by atoms with Crippen LogP contribution in [0, 0.1) is 0 Å². The summed E-state index contributed by atoms with van der Waals surface area (Å²) in [4.78, 5) is 0. The van der Waals surface area contributed by atoms with E-state index >= 15 is 0 Å². The zero-order chi connectivity index (χ0) is 16.6. The monoisotopic (exact) mass is 300 g/mol. The third kappa shape index (κ3) is 6.88. The van der Waals surface area contributed by atoms with Gasteiger partial charge in [-0.3, -0.25) is 4.48 Å². The van der Waals surface area contributed by atoms with Crippen LogP contribution in [0.4, 0.5) is 5.69 Å². The number of benzene rings is 2. The Morgan fingerprint density at radius 1 is 0.682 bits per heavy atom. The van der Waals surface area contributed by atoms with E-state index in [4.69, 9.17) is 0 Å². The van der Waals surface area contributed by atoms with Crippen LogP contribution in [0.1, 0.15) is 12.5 Å². The molecular formula is C20H32N2+2. The van der Waals surface area contributed by atoms with E-state index in [0.717, 1.165) is 22.1 Å². The second-order valence-corrected chi connectivity index (χ2v) is 7.27. The SMILES string of the molecule is CC[N+](C)(C)c1ccccc1.C[N+](C)(C)Cc1ccccc1. The smallest absolute Gasteiger partial charge is 0.132 e. The van der Waals surface area contributed by atoms with Gasteiger partial charge in [0.25, 0.3) is 0 Å². The minimum Gasteiger partial charge on any atom is -0.327 e. The molecule has 2 heteroatoms. The summed E-state index contributed by atoms with van der Waals surface area (Å²) in [5.74, 6) is 0. The van der Waals surface area contributed by atoms with Gasteiger partial charge >= 0.3 is 0 Å². The van der Waals surface area contributed by atoms with E-state index in [9.17, 15) is 0 Å². The maximum absolute atomic E-state index is 2.22. The first-order valence-corrected chi connectivity index (χ1v) is 7.97. The zero-order valence-electron chi connectivity index (χ0n) is 15.1. The fourth-order valence-electron chi connectivity index (χ4n) is 2.15. The molecule has 0 N–H and O–H groups in total. The first-order valence-electron chi connectivity index (χ1n) is 7.97. The molecule has 120 valence electrons. The summed E-state index contributed by atoms with van der Waals surface area (Å²) in [6, 6.07) is 21.1. The Kier molecular flexibility index (Phi) is 6.79. The summed E-state index contributed by atoms with van der Waals surface area (Å²) in [6.45, 7) is 4.43. The molecule has 0 aliphatic carbocycles. The molecule has 0 amide bonds. The van der Waals surface area contributed by atoms with E-state index in [1.54, 1.807) is 0 Å². The largest absolute Gasteiger partial charge is 0.327 e. The average Bonchev–Trinajstić information content (AvgIpc) is 2.48. The van der Waals surface area contributed by atoms with E-state index in [1.165, 1.54) is 11.3 Å². The lowest BCUT2D eigenvalue weighted by molar-refractivity contribution is -0.884. The Hall–Kier alpha value is -1.64. The van der Waals surface area contributed by atoms with Gasteiger partial charge in [0.2, 0.25) is 0 Å². The van der Waals surface area contributed by atoms with Crippen LogP contribution >= 0.6 is 0 Å². The Morgan fingerprint density at radius 2 is 1.14 bits per heavy atom. The van der Waals surface area contributed by atoms with Gasteiger partial charge in [0.15, 0.2) is 0 Å². The van der Waals surface area contributed by atoms with Gasteiger partial charge in [-0.15, -0.1) is 0 Å². The van der Waals surface area contributed by atoms with E-state index < -0.39 is 0 Å². The van der Waals surface area contributed by atoms with Crippen molar-refractivity contribution in [3.8, 4) is 0 Å². The number of hydrogen-bond donors (Lipinski definition) is 0. The van der Waals surface area contributed by atoms with Crippen LogP contribution in [0.5, 0.6) is 0 Å². The third-order valence-electron chi connectivity index (χ3n) is 3.75. The molecule has 0 unspecified atom stereocenters. The maximum Gasteiger partial charge on any atom is 0.132 e. The van der Waals surface area contributed by atoms with Crippen LogP contribution in [0.25, 0.3) is 0 Å². The molecule has 22 heavy (non-hydrogen) atoms. The Labute approximate surface area is 136 Å². The summed E-state index contributed by atoms with van der Waals surface area (Å²) >= 11 is 0. The van der Waals surface area contributed by atoms with Crippen molar-refractivity contribution in [2.75, 3.05) is 41.8 Å². The molecular weight excluding hydrogens is 268 g/mol. The molecule has 0 bridgehead atoms. The maximum atomic E-state index is 2.22. The fourth-order valence-corrected chi connectivity index (χ4v) is 2.15. The number of hydrogen-bond acceptors (Lipinski definition) is 0. The normalized spacial score (nSPS) is 11.5. The molecule has 2 aromatic rings. The van der Waals surface area contributed by atoms with Gasteiger partial charge in [-0.2, -0.15) is 0 Å². The summed E-state index contributed by atoms with van der Waals surface area (Å²) in [6.07, 6.45) is 0. The molecule has 0 saturated heterocycles. The van der Waals surface area contributed by atoms with E-state index in [1.807, 2.05) is 0 Å². The first-order chi connectivity index (χ1) is 10.2. The predicted octanol–water partition coefficient (Wildman–Crippen LogP) is 4.17. The lowest BCUT2D eigenvalue weighted by atomic mass is 10.2. The van der Waals surface area contributed by atoms with Crippen LogP contribution in [-0.2, 0) is 6.54 Å². The second kappa shape index (κ2) is 8.11. The number of quaternary nitrogens is 2. The molecule has 0 saturated carbocycles. The topological polar surface area (TPSA) is 0 Å². The highest BCUT2D eigenvalue weighted by molar-refractivity contribution is 5.40. The summed E-state index contributed by atoms with van der Waals surface area (Å²) in [5, 5.41) is 0. The Bertz CT molecular complexity index is 525. The molecule has 0 atom stereocenters. The fraction of sp³-hybridized carbons (Fsp3) is 0.400. The second-order valence-electron chi connectivity index (χ2n) is 7.27. The number of rotatable bonds is 4. The van der Waals surface area contributed by atoms with Crippen molar-refractivity contribution < 1.29 is 4.48 Å². The molecule has 0 fully saturated rings. The van der Waals surface area contributed by atoms with E-state index in [0.29, 0.717) is 0 Å². The molecule has 2 aromatic carbocycles. The van der Waals surface area contributed by atoms with Gasteiger partial charge in [-0.25, -0.2) is 0 Å². The van der Waals surface area contributed by atoms with Crippen LogP contribution in [0.3, 0.4) is 0 Å². The Morgan fingerprint density at radius 3 is 1.55 bits per heavy atom. The van der Waals surface area contributed by atoms with Crippen molar-refractivity contribution in [3.05, 3.63) is 66.2 Å². The lowest BCUT2D eigenvalue weighted by Crippen LogP contribution is -2.39. The van der Waals surface area contributed by atoms with Gasteiger partial charge in [0, 0.05) is 5.56 Å². The van der Waals surface area contributed by atoms with Crippen LogP contribution in [0.15, 0.2) is 60.7 Å². The van der Waals surface area contributed by atoms with E-state index in [2.05, 4.69) is 103 Å². The molecule has 2 rings (SSSR count). The van der Waals surface area contributed by atoms with Gasteiger partial charge in [0.1, 0.15) is 12.2 Å². The molecule has 0 aromatic heterocycles. The third-order valence-corrected chi connectivity index (χ3v) is 3.75. The van der Waals surface area contributed by atoms with Crippen molar-refractivity contribution in [3.63, 3.8) is 0 Å². The summed E-state index contributed by atoms with van der Waals surface area (Å²) in [5.41, 5.74) is 2.77. The zero-order valence-corrected chi connectivity index (χ0v) is 15.1. The summed E-state index contributed by atoms with van der Waals surface area (Å²) in [7, 11) is 11.0. The lowest BCUT2D eigenvalue weighted by Gasteiger charge is -2.27. The van der Waals surface area contributed by atoms with Crippen molar-refractivity contribution in [1.82, 2.24) is 4.48 Å². The average molecular weight is 300 g/mol. The van der Waals surface area contributed by atoms with Crippen LogP contribution in [0.2, 0.25) is 0 Å². The van der Waals surface area contributed by atoms with Crippen molar-refractivity contribution >= 4 is 5.69 Å². The molecule has 0 spiro atoms. The first kappa shape index (κ1) is 18.4. The molecule has 0 radical (unpaired) electrons. The quantitative estimate of drug-likeness (QED) is 0.744. The van der Waals surface area contributed by atoms with Gasteiger partial charge in [-0.1, -0.05) is 48.5 Å². The van der Waals surface area contributed by atoms with Crippen molar-refractivity contribution in [1.29, 1.82) is 0 Å². The highest BCUT2D eigenvalue weighted by Gasteiger charge is 2.14. The summed E-state index contributed by atoms with van der Waals surface area (Å²) < 4.78 is 1.95. The van der Waals surface area contributed by atoms with E-state index in [-0.39, 0.29) is 0 Å². The molecule has 0 aliphatic heterocycles. The molecule has 0 aliphatic rings. The van der Waals surface area contributed by atoms with Gasteiger partial charge < -0.3 is 4.48 Å². The minimum atomic E-state index is 0.959. The van der Waals surface area contributed by atoms with Crippen LogP contribution in [-0.4, -0.2) is 46.3 Å². The highest BCUT2D eigenvalue weighted by atomic mass is 15.3. The van der Waals surface area contributed by atoms with Crippen LogP contribution < -0.4 is 4.48 Å². The molecule has 0 heterocycles.